The van der Waals surface area contributed by atoms with Crippen molar-refractivity contribution in [2.24, 2.45) is 0 Å². The molecule has 0 aliphatic rings. The molecule has 0 unspecified atom stereocenters. The van der Waals surface area contributed by atoms with E-state index in [1.165, 1.54) is 13.3 Å². The van der Waals surface area contributed by atoms with E-state index in [4.69, 9.17) is 4.74 Å². The first-order chi connectivity index (χ1) is 10.4. The summed E-state index contributed by atoms with van der Waals surface area (Å²) in [6.07, 6.45) is -3.31. The van der Waals surface area contributed by atoms with Gasteiger partial charge in [-0.3, -0.25) is 4.57 Å². The highest BCUT2D eigenvalue weighted by molar-refractivity contribution is 9.10. The Morgan fingerprint density at radius 2 is 2.00 bits per heavy atom. The number of fused-ring (bicyclic) bond motifs is 1. The van der Waals surface area contributed by atoms with Crippen LogP contribution in [0.1, 0.15) is 5.69 Å². The summed E-state index contributed by atoms with van der Waals surface area (Å²) >= 11 is 2.89. The lowest BCUT2D eigenvalue weighted by Crippen LogP contribution is -2.11. The molecule has 0 radical (unpaired) electrons. The van der Waals surface area contributed by atoms with Crippen LogP contribution in [0.2, 0.25) is 0 Å². The zero-order valence-electron chi connectivity index (χ0n) is 11.3. The lowest BCUT2D eigenvalue weighted by Gasteiger charge is -2.07. The molecule has 0 saturated heterocycles. The van der Waals surface area contributed by atoms with Crippen molar-refractivity contribution in [2.45, 2.75) is 12.9 Å². The van der Waals surface area contributed by atoms with E-state index in [9.17, 15) is 13.2 Å². The highest BCUT2D eigenvalue weighted by Crippen LogP contribution is 2.34. The zero-order valence-corrected chi connectivity index (χ0v) is 12.9. The van der Waals surface area contributed by atoms with Gasteiger partial charge in [-0.15, -0.1) is 0 Å². The van der Waals surface area contributed by atoms with Crippen LogP contribution in [0.3, 0.4) is 0 Å². The van der Waals surface area contributed by atoms with Gasteiger partial charge in [0.2, 0.25) is 5.95 Å². The van der Waals surface area contributed by atoms with E-state index in [0.29, 0.717) is 5.52 Å². The first kappa shape index (κ1) is 15.0. The van der Waals surface area contributed by atoms with Gasteiger partial charge in [-0.2, -0.15) is 18.3 Å². The van der Waals surface area contributed by atoms with Crippen molar-refractivity contribution in [1.29, 1.82) is 0 Å². The number of rotatable bonds is 3. The molecule has 0 bridgehead atoms. The predicted octanol–water partition coefficient (Wildman–Crippen LogP) is 3.61. The maximum absolute atomic E-state index is 12.9. The number of methoxy groups -OCH3 is 1. The van der Waals surface area contributed by atoms with E-state index in [1.807, 2.05) is 12.1 Å². The van der Waals surface area contributed by atoms with Crippen molar-refractivity contribution in [1.82, 2.24) is 19.3 Å². The fraction of sp³-hybridized carbons (Fsp3) is 0.231. The first-order valence-corrected chi connectivity index (χ1v) is 6.98. The number of halogens is 4. The van der Waals surface area contributed by atoms with Crippen LogP contribution in [-0.2, 0) is 17.6 Å². The molecule has 0 aliphatic carbocycles. The molecule has 0 amide bonds. The third-order valence-electron chi connectivity index (χ3n) is 3.04. The number of imidazole rings is 1. The van der Waals surface area contributed by atoms with E-state index in [2.05, 4.69) is 26.0 Å². The lowest BCUT2D eigenvalue weighted by molar-refractivity contribution is -0.141. The van der Waals surface area contributed by atoms with Gasteiger partial charge in [0.05, 0.1) is 15.5 Å². The predicted molar refractivity (Wildman–Crippen MR) is 76.6 cm³/mol. The Hall–Kier alpha value is -1.87. The molecule has 2 aromatic heterocycles. The molecule has 0 aliphatic heterocycles. The van der Waals surface area contributed by atoms with Gasteiger partial charge < -0.3 is 4.74 Å². The summed E-state index contributed by atoms with van der Waals surface area (Å²) in [7, 11) is 1.50. The number of hydrogen-bond acceptors (Lipinski definition) is 3. The van der Waals surface area contributed by atoms with E-state index in [-0.39, 0.29) is 17.2 Å². The Morgan fingerprint density at radius 1 is 1.27 bits per heavy atom. The average molecular weight is 375 g/mol. The van der Waals surface area contributed by atoms with Crippen LogP contribution in [0.25, 0.3) is 17.0 Å². The summed E-state index contributed by atoms with van der Waals surface area (Å²) in [6.45, 7) is 0.147. The Kier molecular flexibility index (Phi) is 3.69. The van der Waals surface area contributed by atoms with Gasteiger partial charge in [-0.1, -0.05) is 12.1 Å². The molecule has 22 heavy (non-hydrogen) atoms. The van der Waals surface area contributed by atoms with Gasteiger partial charge in [0, 0.05) is 13.3 Å². The van der Waals surface area contributed by atoms with Crippen LogP contribution in [0.5, 0.6) is 0 Å². The van der Waals surface area contributed by atoms with Crippen molar-refractivity contribution >= 4 is 27.0 Å². The van der Waals surface area contributed by atoms with Crippen LogP contribution in [-0.4, -0.2) is 26.4 Å². The van der Waals surface area contributed by atoms with Gasteiger partial charge in [0.15, 0.2) is 5.69 Å². The maximum Gasteiger partial charge on any atom is 0.436 e. The van der Waals surface area contributed by atoms with Crippen LogP contribution in [0, 0.1) is 0 Å². The summed E-state index contributed by atoms with van der Waals surface area (Å²) in [5, 5.41) is 3.60. The monoisotopic (exact) mass is 374 g/mol. The standard InChI is InChI=1S/C13H10BrF3N4O/c1-22-7-20-10-5-3-2-4-9(10)18-12(20)21-6-8(14)11(19-21)13(15,16)17/h2-6H,7H2,1H3. The Bertz CT molecular complexity index is 824. The third-order valence-corrected chi connectivity index (χ3v) is 3.62. The van der Waals surface area contributed by atoms with Gasteiger partial charge in [-0.25, -0.2) is 9.67 Å². The molecule has 2 heterocycles. The first-order valence-electron chi connectivity index (χ1n) is 6.18. The Balaban J connectivity index is 2.20. The van der Waals surface area contributed by atoms with Gasteiger partial charge in [-0.05, 0) is 28.1 Å². The fourth-order valence-electron chi connectivity index (χ4n) is 2.14. The second kappa shape index (κ2) is 5.40. The molecular weight excluding hydrogens is 365 g/mol. The van der Waals surface area contributed by atoms with Crippen LogP contribution in [0.15, 0.2) is 34.9 Å². The molecule has 0 saturated carbocycles. The van der Waals surface area contributed by atoms with Crippen molar-refractivity contribution < 1.29 is 17.9 Å². The average Bonchev–Trinajstić information content (AvgIpc) is 3.00. The molecule has 3 aromatic rings. The van der Waals surface area contributed by atoms with Crippen LogP contribution >= 0.6 is 15.9 Å². The summed E-state index contributed by atoms with van der Waals surface area (Å²) in [5.74, 6) is 0.249. The highest BCUT2D eigenvalue weighted by atomic mass is 79.9. The second-order valence-corrected chi connectivity index (χ2v) is 5.37. The number of para-hydroxylation sites is 2. The van der Waals surface area contributed by atoms with E-state index >= 15 is 0 Å². The van der Waals surface area contributed by atoms with E-state index < -0.39 is 11.9 Å². The minimum Gasteiger partial charge on any atom is -0.364 e. The van der Waals surface area contributed by atoms with E-state index in [1.54, 1.807) is 16.7 Å². The molecule has 116 valence electrons. The number of aromatic nitrogens is 4. The summed E-state index contributed by atoms with van der Waals surface area (Å²) in [6, 6.07) is 7.21. The van der Waals surface area contributed by atoms with Crippen molar-refractivity contribution in [3.63, 3.8) is 0 Å². The molecule has 0 spiro atoms. The van der Waals surface area contributed by atoms with Crippen LogP contribution in [0.4, 0.5) is 13.2 Å². The van der Waals surface area contributed by atoms with Crippen molar-refractivity contribution in [3.05, 3.63) is 40.6 Å². The molecule has 1 aromatic carbocycles. The minimum absolute atomic E-state index is 0.143. The molecule has 0 N–H and O–H groups in total. The highest BCUT2D eigenvalue weighted by Gasteiger charge is 2.37. The minimum atomic E-state index is -4.54. The van der Waals surface area contributed by atoms with Gasteiger partial charge in [0.1, 0.15) is 6.73 Å². The van der Waals surface area contributed by atoms with Crippen molar-refractivity contribution in [2.75, 3.05) is 7.11 Å². The molecule has 5 nitrogen and oxygen atoms in total. The van der Waals surface area contributed by atoms with Crippen molar-refractivity contribution in [3.8, 4) is 5.95 Å². The quantitative estimate of drug-likeness (QED) is 0.703. The van der Waals surface area contributed by atoms with Gasteiger partial charge >= 0.3 is 6.18 Å². The third kappa shape index (κ3) is 2.50. The van der Waals surface area contributed by atoms with Crippen LogP contribution < -0.4 is 0 Å². The zero-order chi connectivity index (χ0) is 15.9. The molecule has 0 atom stereocenters. The normalized spacial score (nSPS) is 12.2. The number of alkyl halides is 3. The summed E-state index contributed by atoms with van der Waals surface area (Å²) < 4.78 is 46.3. The topological polar surface area (TPSA) is 44.9 Å². The smallest absolute Gasteiger partial charge is 0.364 e. The Morgan fingerprint density at radius 3 is 2.64 bits per heavy atom. The number of nitrogens with zero attached hydrogens (tertiary/aromatic N) is 4. The maximum atomic E-state index is 12.9. The van der Waals surface area contributed by atoms with Gasteiger partial charge in [0.25, 0.3) is 0 Å². The number of benzene rings is 1. The fourth-order valence-corrected chi connectivity index (χ4v) is 2.64. The second-order valence-electron chi connectivity index (χ2n) is 4.51. The largest absolute Gasteiger partial charge is 0.436 e. The molecule has 9 heteroatoms. The lowest BCUT2D eigenvalue weighted by atomic mass is 10.3. The molecule has 0 fully saturated rings. The number of hydrogen-bond donors (Lipinski definition) is 0. The Labute approximate surface area is 131 Å². The SMILES string of the molecule is COCn1c(-n2cc(Br)c(C(F)(F)F)n2)nc2ccccc21. The summed E-state index contributed by atoms with van der Waals surface area (Å²) in [5.41, 5.74) is 0.401. The molecular formula is C13H10BrF3N4O. The van der Waals surface area contributed by atoms with E-state index in [0.717, 1.165) is 10.2 Å². The molecule has 3 rings (SSSR count). The summed E-state index contributed by atoms with van der Waals surface area (Å²) in [4.78, 5) is 4.33. The number of ether oxygens (including phenoxy) is 1.